The molecule has 0 spiro atoms. The third-order valence-corrected chi connectivity index (χ3v) is 1.72. The molecule has 1 aromatic heterocycles. The normalized spacial score (nSPS) is 10.7. The van der Waals surface area contributed by atoms with E-state index in [0.29, 0.717) is 0 Å². The number of alkyl halides is 2. The van der Waals surface area contributed by atoms with Gasteiger partial charge >= 0.3 is 5.97 Å². The summed E-state index contributed by atoms with van der Waals surface area (Å²) < 4.78 is 42.6. The van der Waals surface area contributed by atoms with Gasteiger partial charge in [-0.05, 0) is 13.0 Å². The molecule has 1 heterocycles. The van der Waals surface area contributed by atoms with Gasteiger partial charge in [-0.3, -0.25) is 0 Å². The van der Waals surface area contributed by atoms with Gasteiger partial charge in [0.05, 0.1) is 13.2 Å². The number of esters is 1. The Hall–Kier alpha value is -1.46. The summed E-state index contributed by atoms with van der Waals surface area (Å²) in [6.45, 7) is 0.895. The second kappa shape index (κ2) is 4.86. The second-order valence-electron chi connectivity index (χ2n) is 2.78. The number of ether oxygens (including phenoxy) is 1. The van der Waals surface area contributed by atoms with Crippen molar-refractivity contribution in [3.8, 4) is 0 Å². The van der Waals surface area contributed by atoms with E-state index in [1.165, 1.54) is 0 Å². The summed E-state index contributed by atoms with van der Waals surface area (Å²) in [5.74, 6) is -1.78. The molecule has 3 nitrogen and oxygen atoms in total. The van der Waals surface area contributed by atoms with Gasteiger partial charge < -0.3 is 9.30 Å². The topological polar surface area (TPSA) is 31.2 Å². The van der Waals surface area contributed by atoms with Crippen LogP contribution in [0.4, 0.5) is 13.2 Å². The monoisotopic (exact) mass is 221 g/mol. The number of nitrogens with zero attached hydrogens (tertiary/aromatic N) is 1. The third kappa shape index (κ3) is 2.74. The molecule has 6 heteroatoms. The fourth-order valence-electron chi connectivity index (χ4n) is 1.16. The van der Waals surface area contributed by atoms with Crippen molar-refractivity contribution in [1.29, 1.82) is 0 Å². The first-order valence-electron chi connectivity index (χ1n) is 4.36. The molecule has 0 atom stereocenters. The molecular weight excluding hydrogens is 211 g/mol. The van der Waals surface area contributed by atoms with Crippen LogP contribution in [-0.4, -0.2) is 23.6 Å². The molecule has 0 bridgehead atoms. The van der Waals surface area contributed by atoms with E-state index in [1.807, 2.05) is 0 Å². The van der Waals surface area contributed by atoms with E-state index in [9.17, 15) is 18.0 Å². The predicted molar refractivity (Wildman–Crippen MR) is 46.4 cm³/mol. The summed E-state index contributed by atoms with van der Waals surface area (Å²) >= 11 is 0. The van der Waals surface area contributed by atoms with Gasteiger partial charge in [0, 0.05) is 6.20 Å². The summed E-state index contributed by atoms with van der Waals surface area (Å²) in [4.78, 5) is 11.2. The Morgan fingerprint density at radius 1 is 1.60 bits per heavy atom. The molecule has 1 rings (SSSR count). The van der Waals surface area contributed by atoms with Crippen LogP contribution in [-0.2, 0) is 11.3 Å². The zero-order valence-corrected chi connectivity index (χ0v) is 8.04. The van der Waals surface area contributed by atoms with Crippen LogP contribution in [0.2, 0.25) is 0 Å². The zero-order chi connectivity index (χ0) is 11.4. The van der Waals surface area contributed by atoms with E-state index >= 15 is 0 Å². The predicted octanol–water partition coefficient (Wildman–Crippen LogP) is 2.07. The first-order chi connectivity index (χ1) is 7.06. The molecule has 0 aliphatic rings. The highest BCUT2D eigenvalue weighted by molar-refractivity contribution is 5.88. The third-order valence-electron chi connectivity index (χ3n) is 1.72. The number of rotatable bonds is 4. The molecule has 0 aliphatic heterocycles. The summed E-state index contributed by atoms with van der Waals surface area (Å²) in [6.07, 6.45) is -1.56. The van der Waals surface area contributed by atoms with Crippen LogP contribution in [0.15, 0.2) is 12.3 Å². The highest BCUT2D eigenvalue weighted by atomic mass is 19.3. The molecule has 15 heavy (non-hydrogen) atoms. The van der Waals surface area contributed by atoms with Gasteiger partial charge in [0.2, 0.25) is 0 Å². The standard InChI is InChI=1S/C9H10F3NO2/c1-2-15-9(14)8-6(10)3-4-13(8)5-7(11)12/h3-4,7H,2,5H2,1H3. The Kier molecular flexibility index (Phi) is 3.76. The van der Waals surface area contributed by atoms with Crippen LogP contribution in [0.5, 0.6) is 0 Å². The quantitative estimate of drug-likeness (QED) is 0.729. The van der Waals surface area contributed by atoms with E-state index in [0.717, 1.165) is 16.8 Å². The van der Waals surface area contributed by atoms with Crippen LogP contribution in [0.1, 0.15) is 17.4 Å². The maximum atomic E-state index is 13.1. The molecule has 1 aromatic rings. The Morgan fingerprint density at radius 2 is 2.27 bits per heavy atom. The average molecular weight is 221 g/mol. The van der Waals surface area contributed by atoms with Gasteiger partial charge in [-0.15, -0.1) is 0 Å². The molecule has 0 N–H and O–H groups in total. The van der Waals surface area contributed by atoms with Crippen molar-refractivity contribution in [3.63, 3.8) is 0 Å². The van der Waals surface area contributed by atoms with Crippen LogP contribution >= 0.6 is 0 Å². The number of hydrogen-bond acceptors (Lipinski definition) is 2. The summed E-state index contributed by atoms with van der Waals surface area (Å²) in [5, 5.41) is 0. The molecule has 0 aliphatic carbocycles. The average Bonchev–Trinajstić information content (AvgIpc) is 2.46. The molecule has 0 amide bonds. The number of carbonyl (C=O) groups excluding carboxylic acids is 1. The van der Waals surface area contributed by atoms with Crippen LogP contribution in [0.25, 0.3) is 0 Å². The van der Waals surface area contributed by atoms with Gasteiger partial charge in [-0.1, -0.05) is 0 Å². The highest BCUT2D eigenvalue weighted by Gasteiger charge is 2.20. The number of hydrogen-bond donors (Lipinski definition) is 0. The lowest BCUT2D eigenvalue weighted by atomic mass is 10.4. The molecule has 0 saturated carbocycles. The van der Waals surface area contributed by atoms with Gasteiger partial charge in [-0.25, -0.2) is 18.0 Å². The van der Waals surface area contributed by atoms with Crippen molar-refractivity contribution >= 4 is 5.97 Å². The molecule has 0 unspecified atom stereocenters. The first-order valence-corrected chi connectivity index (χ1v) is 4.36. The van der Waals surface area contributed by atoms with E-state index in [-0.39, 0.29) is 6.61 Å². The van der Waals surface area contributed by atoms with Gasteiger partial charge in [0.25, 0.3) is 6.43 Å². The Balaban J connectivity index is 2.93. The minimum Gasteiger partial charge on any atom is -0.461 e. The first kappa shape index (κ1) is 11.6. The SMILES string of the molecule is CCOC(=O)c1c(F)ccn1CC(F)F. The van der Waals surface area contributed by atoms with Crippen LogP contribution in [0, 0.1) is 5.82 Å². The molecular formula is C9H10F3NO2. The van der Waals surface area contributed by atoms with Crippen molar-refractivity contribution in [2.75, 3.05) is 6.61 Å². The van der Waals surface area contributed by atoms with E-state index < -0.39 is 30.5 Å². The molecule has 0 saturated heterocycles. The van der Waals surface area contributed by atoms with E-state index in [4.69, 9.17) is 0 Å². The summed E-state index contributed by atoms with van der Waals surface area (Å²) in [6, 6.07) is 0.953. The highest BCUT2D eigenvalue weighted by Crippen LogP contribution is 2.12. The largest absolute Gasteiger partial charge is 0.461 e. The zero-order valence-electron chi connectivity index (χ0n) is 8.04. The lowest BCUT2D eigenvalue weighted by Gasteiger charge is -2.07. The minimum atomic E-state index is -2.65. The van der Waals surface area contributed by atoms with Crippen molar-refractivity contribution < 1.29 is 22.7 Å². The Labute approximate surface area is 84.4 Å². The number of aromatic nitrogens is 1. The van der Waals surface area contributed by atoms with Crippen molar-refractivity contribution in [2.24, 2.45) is 0 Å². The maximum absolute atomic E-state index is 13.1. The van der Waals surface area contributed by atoms with Crippen molar-refractivity contribution in [2.45, 2.75) is 19.9 Å². The smallest absolute Gasteiger partial charge is 0.358 e. The summed E-state index contributed by atoms with van der Waals surface area (Å²) in [5.41, 5.74) is -0.461. The lowest BCUT2D eigenvalue weighted by molar-refractivity contribution is 0.0500. The second-order valence-corrected chi connectivity index (χ2v) is 2.78. The van der Waals surface area contributed by atoms with E-state index in [2.05, 4.69) is 4.74 Å². The van der Waals surface area contributed by atoms with Crippen LogP contribution in [0.3, 0.4) is 0 Å². The fraction of sp³-hybridized carbons (Fsp3) is 0.444. The van der Waals surface area contributed by atoms with Crippen molar-refractivity contribution in [3.05, 3.63) is 23.8 Å². The van der Waals surface area contributed by atoms with E-state index in [1.54, 1.807) is 6.92 Å². The Morgan fingerprint density at radius 3 is 2.80 bits per heavy atom. The van der Waals surface area contributed by atoms with Gasteiger partial charge in [0.15, 0.2) is 11.5 Å². The minimum absolute atomic E-state index is 0.0676. The molecule has 0 radical (unpaired) electrons. The van der Waals surface area contributed by atoms with Crippen molar-refractivity contribution in [1.82, 2.24) is 4.57 Å². The van der Waals surface area contributed by atoms with Gasteiger partial charge in [0.1, 0.15) is 0 Å². The number of carbonyl (C=O) groups is 1. The van der Waals surface area contributed by atoms with Gasteiger partial charge in [-0.2, -0.15) is 0 Å². The molecule has 0 aromatic carbocycles. The Bertz CT molecular complexity index is 349. The molecule has 84 valence electrons. The van der Waals surface area contributed by atoms with Crippen LogP contribution < -0.4 is 0 Å². The number of halogens is 3. The molecule has 0 fully saturated rings. The maximum Gasteiger partial charge on any atom is 0.358 e. The fourth-order valence-corrected chi connectivity index (χ4v) is 1.16. The lowest BCUT2D eigenvalue weighted by Crippen LogP contribution is -2.16. The summed E-state index contributed by atoms with van der Waals surface area (Å²) in [7, 11) is 0.